The molecule has 0 amide bonds. The highest BCUT2D eigenvalue weighted by atomic mass is 16.6. The van der Waals surface area contributed by atoms with Gasteiger partial charge in [-0.2, -0.15) is 0 Å². The number of anilines is 1. The number of hydrogen-bond donors (Lipinski definition) is 1. The first-order valence-corrected chi connectivity index (χ1v) is 14.0. The molecule has 1 saturated heterocycles. The molecule has 1 aliphatic carbocycles. The van der Waals surface area contributed by atoms with Crippen molar-refractivity contribution in [2.75, 3.05) is 18.1 Å². The second kappa shape index (κ2) is 11.0. The van der Waals surface area contributed by atoms with E-state index in [1.807, 2.05) is 42.5 Å². The summed E-state index contributed by atoms with van der Waals surface area (Å²) in [7, 11) is 0. The molecule has 1 aliphatic heterocycles. The maximum atomic E-state index is 11.6. The van der Waals surface area contributed by atoms with E-state index >= 15 is 0 Å². The highest BCUT2D eigenvalue weighted by molar-refractivity contribution is 5.93. The summed E-state index contributed by atoms with van der Waals surface area (Å²) >= 11 is 0. The van der Waals surface area contributed by atoms with Gasteiger partial charge in [0.15, 0.2) is 0 Å². The van der Waals surface area contributed by atoms with Crippen molar-refractivity contribution in [1.29, 1.82) is 0 Å². The lowest BCUT2D eigenvalue weighted by Gasteiger charge is -2.27. The lowest BCUT2D eigenvalue weighted by molar-refractivity contribution is -0.384. The summed E-state index contributed by atoms with van der Waals surface area (Å²) in [6, 6.07) is 20.4. The molecule has 0 spiro atoms. The molecule has 1 aromatic heterocycles. The van der Waals surface area contributed by atoms with E-state index in [-0.39, 0.29) is 22.2 Å². The molecule has 2 heterocycles. The molecule has 2 fully saturated rings. The van der Waals surface area contributed by atoms with Gasteiger partial charge in [0.25, 0.3) is 5.69 Å². The van der Waals surface area contributed by atoms with Gasteiger partial charge in [-0.1, -0.05) is 19.3 Å². The number of aromatic nitrogens is 2. The Balaban J connectivity index is 1.21. The van der Waals surface area contributed by atoms with Crippen LogP contribution in [0.1, 0.15) is 61.3 Å². The van der Waals surface area contributed by atoms with Gasteiger partial charge in [-0.15, -0.1) is 0 Å². The maximum Gasteiger partial charge on any atom is 0.335 e. The standard InChI is InChI=1S/C31H32N4O5/c36-31(37)22-10-17-29-28(19-22)32-30(34(29)24-5-2-1-3-6-24)21-8-15-27(16-9-21)40-20-26-7-4-18-33(26)23-11-13-25(14-12-23)35(38)39/h8-17,19,24,26H,1-7,18,20H2,(H,36,37)/t26-/m0/s1. The van der Waals surface area contributed by atoms with E-state index < -0.39 is 5.97 Å². The molecule has 6 rings (SSSR count). The number of nitro benzene ring substituents is 1. The van der Waals surface area contributed by atoms with Crippen LogP contribution < -0.4 is 9.64 Å². The normalized spacial score (nSPS) is 17.8. The Labute approximate surface area is 232 Å². The monoisotopic (exact) mass is 540 g/mol. The smallest absolute Gasteiger partial charge is 0.335 e. The third kappa shape index (κ3) is 5.11. The number of nitrogens with zero attached hydrogens (tertiary/aromatic N) is 4. The van der Waals surface area contributed by atoms with Crippen LogP contribution in [-0.2, 0) is 0 Å². The lowest BCUT2D eigenvalue weighted by Crippen LogP contribution is -2.34. The van der Waals surface area contributed by atoms with E-state index in [4.69, 9.17) is 9.72 Å². The van der Waals surface area contributed by atoms with E-state index in [1.54, 1.807) is 24.3 Å². The number of carbonyl (C=O) groups is 1. The molecule has 1 atom stereocenters. The number of ether oxygens (including phenoxy) is 1. The van der Waals surface area contributed by atoms with Crippen molar-refractivity contribution >= 4 is 28.4 Å². The number of carboxylic acid groups (broad SMARTS) is 1. The number of hydrogen-bond acceptors (Lipinski definition) is 6. The second-order valence-corrected chi connectivity index (χ2v) is 10.7. The number of nitro groups is 1. The molecule has 4 aromatic rings. The van der Waals surface area contributed by atoms with Gasteiger partial charge in [0.05, 0.1) is 27.6 Å². The van der Waals surface area contributed by atoms with Gasteiger partial charge in [-0.25, -0.2) is 9.78 Å². The molecule has 2 aliphatic rings. The van der Waals surface area contributed by atoms with Crippen molar-refractivity contribution in [3.8, 4) is 17.1 Å². The zero-order chi connectivity index (χ0) is 27.6. The van der Waals surface area contributed by atoms with Gasteiger partial charge >= 0.3 is 5.97 Å². The summed E-state index contributed by atoms with van der Waals surface area (Å²) in [6.45, 7) is 1.42. The van der Waals surface area contributed by atoms with Crippen molar-refractivity contribution in [2.24, 2.45) is 0 Å². The molecular weight excluding hydrogens is 508 g/mol. The predicted molar refractivity (Wildman–Crippen MR) is 153 cm³/mol. The van der Waals surface area contributed by atoms with Crippen LogP contribution in [0.25, 0.3) is 22.4 Å². The number of non-ortho nitro benzene ring substituents is 1. The Morgan fingerprint density at radius 2 is 1.73 bits per heavy atom. The van der Waals surface area contributed by atoms with Gasteiger partial charge in [-0.05, 0) is 80.3 Å². The van der Waals surface area contributed by atoms with E-state index in [0.717, 1.165) is 60.6 Å². The SMILES string of the molecule is O=C(O)c1ccc2c(c1)nc(-c1ccc(OC[C@@H]3CCCN3c3ccc([N+](=O)[O-])cc3)cc1)n2C1CCCCC1. The molecule has 206 valence electrons. The van der Waals surface area contributed by atoms with Crippen molar-refractivity contribution in [3.05, 3.63) is 82.4 Å². The van der Waals surface area contributed by atoms with Crippen LogP contribution in [0.4, 0.5) is 11.4 Å². The number of imidazole rings is 1. The Bertz CT molecular complexity index is 1520. The van der Waals surface area contributed by atoms with Crippen molar-refractivity contribution in [1.82, 2.24) is 9.55 Å². The molecule has 3 aromatic carbocycles. The zero-order valence-electron chi connectivity index (χ0n) is 22.2. The highest BCUT2D eigenvalue weighted by Crippen LogP contribution is 2.37. The summed E-state index contributed by atoms with van der Waals surface area (Å²) in [5.74, 6) is 0.676. The van der Waals surface area contributed by atoms with Crippen LogP contribution in [0.2, 0.25) is 0 Å². The first kappa shape index (κ1) is 25.9. The Hall–Kier alpha value is -4.40. The van der Waals surface area contributed by atoms with E-state index in [9.17, 15) is 20.0 Å². The van der Waals surface area contributed by atoms with Crippen LogP contribution in [0.15, 0.2) is 66.7 Å². The van der Waals surface area contributed by atoms with Gasteiger partial charge in [0.2, 0.25) is 0 Å². The van der Waals surface area contributed by atoms with Crippen LogP contribution in [-0.4, -0.2) is 44.7 Å². The van der Waals surface area contributed by atoms with Crippen LogP contribution in [0, 0.1) is 10.1 Å². The molecule has 40 heavy (non-hydrogen) atoms. The van der Waals surface area contributed by atoms with Crippen LogP contribution in [0.3, 0.4) is 0 Å². The molecule has 1 saturated carbocycles. The fraction of sp³-hybridized carbons (Fsp3) is 0.355. The summed E-state index contributed by atoms with van der Waals surface area (Å²) < 4.78 is 8.50. The number of rotatable bonds is 8. The fourth-order valence-corrected chi connectivity index (χ4v) is 6.15. The molecule has 0 radical (unpaired) electrons. The van der Waals surface area contributed by atoms with Crippen molar-refractivity contribution in [3.63, 3.8) is 0 Å². The number of carboxylic acids is 1. The first-order valence-electron chi connectivity index (χ1n) is 14.0. The van der Waals surface area contributed by atoms with Crippen molar-refractivity contribution < 1.29 is 19.6 Å². The first-order chi connectivity index (χ1) is 19.5. The minimum Gasteiger partial charge on any atom is -0.491 e. The number of fused-ring (bicyclic) bond motifs is 1. The molecule has 9 heteroatoms. The average molecular weight is 541 g/mol. The third-order valence-electron chi connectivity index (χ3n) is 8.20. The summed E-state index contributed by atoms with van der Waals surface area (Å²) in [5, 5.41) is 20.5. The van der Waals surface area contributed by atoms with Crippen LogP contribution in [0.5, 0.6) is 5.75 Å². The van der Waals surface area contributed by atoms with E-state index in [0.29, 0.717) is 18.2 Å². The molecular formula is C31H32N4O5. The Morgan fingerprint density at radius 1 is 0.975 bits per heavy atom. The molecule has 1 N–H and O–H groups in total. The molecule has 9 nitrogen and oxygen atoms in total. The Morgan fingerprint density at radius 3 is 2.42 bits per heavy atom. The van der Waals surface area contributed by atoms with E-state index in [2.05, 4.69) is 9.47 Å². The summed E-state index contributed by atoms with van der Waals surface area (Å²) in [5.41, 5.74) is 3.95. The lowest BCUT2D eigenvalue weighted by atomic mass is 9.95. The fourth-order valence-electron chi connectivity index (χ4n) is 6.15. The van der Waals surface area contributed by atoms with Gasteiger partial charge < -0.3 is 19.3 Å². The number of benzene rings is 3. The third-order valence-corrected chi connectivity index (χ3v) is 8.20. The molecule has 0 unspecified atom stereocenters. The minimum atomic E-state index is -0.952. The topological polar surface area (TPSA) is 111 Å². The number of aromatic carboxylic acids is 1. The largest absolute Gasteiger partial charge is 0.491 e. The predicted octanol–water partition coefficient (Wildman–Crippen LogP) is 6.86. The average Bonchev–Trinajstić information content (AvgIpc) is 3.61. The second-order valence-electron chi connectivity index (χ2n) is 10.7. The van der Waals surface area contributed by atoms with Crippen molar-refractivity contribution in [2.45, 2.75) is 57.0 Å². The summed E-state index contributed by atoms with van der Waals surface area (Å²) in [6.07, 6.45) is 7.84. The Kier molecular flexibility index (Phi) is 7.11. The van der Waals surface area contributed by atoms with E-state index in [1.165, 1.54) is 19.3 Å². The minimum absolute atomic E-state index is 0.0928. The zero-order valence-corrected chi connectivity index (χ0v) is 22.2. The van der Waals surface area contributed by atoms with Crippen LogP contribution >= 0.6 is 0 Å². The van der Waals surface area contributed by atoms with Gasteiger partial charge in [-0.3, -0.25) is 10.1 Å². The van der Waals surface area contributed by atoms with Gasteiger partial charge in [0, 0.05) is 36.0 Å². The molecule has 0 bridgehead atoms. The highest BCUT2D eigenvalue weighted by Gasteiger charge is 2.26. The van der Waals surface area contributed by atoms with Gasteiger partial charge in [0.1, 0.15) is 18.2 Å². The summed E-state index contributed by atoms with van der Waals surface area (Å²) in [4.78, 5) is 29.4. The maximum absolute atomic E-state index is 11.6. The quantitative estimate of drug-likeness (QED) is 0.192.